The molecule has 0 saturated carbocycles. The Hall–Kier alpha value is -1.08. The maximum atomic E-state index is 12.8. The molecule has 0 bridgehead atoms. The second kappa shape index (κ2) is 5.92. The van der Waals surface area contributed by atoms with Gasteiger partial charge in [0.2, 0.25) is 0 Å². The molecule has 0 aliphatic carbocycles. The fourth-order valence-corrected chi connectivity index (χ4v) is 2.92. The van der Waals surface area contributed by atoms with Crippen molar-refractivity contribution in [2.24, 2.45) is 5.92 Å². The first-order valence-corrected chi connectivity index (χ1v) is 6.98. The fraction of sp³-hybridized carbons (Fsp3) is 0.583. The van der Waals surface area contributed by atoms with Crippen LogP contribution in [0.5, 0.6) is 0 Å². The molecule has 0 spiro atoms. The number of hydrogen-bond donors (Lipinski definition) is 3. The van der Waals surface area contributed by atoms with Gasteiger partial charge in [0.15, 0.2) is 0 Å². The molecule has 106 valence electrons. The van der Waals surface area contributed by atoms with Gasteiger partial charge in [0, 0.05) is 23.9 Å². The van der Waals surface area contributed by atoms with Gasteiger partial charge in [-0.05, 0) is 24.4 Å². The molecule has 1 aromatic heterocycles. The smallest absolute Gasteiger partial charge is 0.371 e. The van der Waals surface area contributed by atoms with Gasteiger partial charge in [-0.1, -0.05) is 6.07 Å². The van der Waals surface area contributed by atoms with Gasteiger partial charge in [-0.25, -0.2) is 0 Å². The van der Waals surface area contributed by atoms with Crippen molar-refractivity contribution < 1.29 is 13.2 Å². The highest BCUT2D eigenvalue weighted by Gasteiger charge is 2.48. The molecule has 3 nitrogen and oxygen atoms in total. The first kappa shape index (κ1) is 14.3. The minimum absolute atomic E-state index is 0.00872. The molecule has 1 aliphatic rings. The van der Waals surface area contributed by atoms with E-state index in [-0.39, 0.29) is 12.3 Å². The van der Waals surface area contributed by atoms with Crippen molar-refractivity contribution in [3.05, 3.63) is 22.4 Å². The minimum Gasteiger partial charge on any atom is -0.371 e. The molecule has 0 radical (unpaired) electrons. The van der Waals surface area contributed by atoms with Crippen LogP contribution < -0.4 is 10.6 Å². The van der Waals surface area contributed by atoms with Gasteiger partial charge < -0.3 is 10.6 Å². The predicted molar refractivity (Wildman–Crippen MR) is 69.5 cm³/mol. The minimum atomic E-state index is -4.23. The Morgan fingerprint density at radius 3 is 2.89 bits per heavy atom. The van der Waals surface area contributed by atoms with Crippen LogP contribution in [0.4, 0.5) is 13.2 Å². The van der Waals surface area contributed by atoms with E-state index in [0.717, 1.165) is 0 Å². The summed E-state index contributed by atoms with van der Waals surface area (Å²) < 4.78 is 38.3. The number of thiophene rings is 1. The van der Waals surface area contributed by atoms with Crippen LogP contribution in [0.3, 0.4) is 0 Å². The number of amidine groups is 1. The van der Waals surface area contributed by atoms with E-state index >= 15 is 0 Å². The summed E-state index contributed by atoms with van der Waals surface area (Å²) >= 11 is 1.62. The van der Waals surface area contributed by atoms with Crippen molar-refractivity contribution in [3.8, 4) is 0 Å². The van der Waals surface area contributed by atoms with Gasteiger partial charge in [0.25, 0.3) is 0 Å². The van der Waals surface area contributed by atoms with Crippen LogP contribution in [0.25, 0.3) is 0 Å². The number of nitrogens with one attached hydrogen (secondary N) is 3. The SMILES string of the molecule is N=C1C[C@H](C(F)(F)F)[C@@H](CCNCc2cccs2)N1. The predicted octanol–water partition coefficient (Wildman–Crippen LogP) is 2.75. The number of alkyl halides is 3. The zero-order valence-electron chi connectivity index (χ0n) is 10.3. The number of hydrogen-bond acceptors (Lipinski definition) is 3. The number of rotatable bonds is 5. The average molecular weight is 291 g/mol. The van der Waals surface area contributed by atoms with Gasteiger partial charge in [-0.15, -0.1) is 11.3 Å². The lowest BCUT2D eigenvalue weighted by Crippen LogP contribution is -2.38. The maximum absolute atomic E-state index is 12.8. The summed E-state index contributed by atoms with van der Waals surface area (Å²) in [5.41, 5.74) is 0. The molecule has 0 amide bonds. The highest BCUT2D eigenvalue weighted by Crippen LogP contribution is 2.35. The van der Waals surface area contributed by atoms with Gasteiger partial charge >= 0.3 is 6.18 Å². The van der Waals surface area contributed by atoms with Crippen LogP contribution in [0.15, 0.2) is 17.5 Å². The average Bonchev–Trinajstić information content (AvgIpc) is 2.93. The van der Waals surface area contributed by atoms with E-state index < -0.39 is 18.1 Å². The lowest BCUT2D eigenvalue weighted by molar-refractivity contribution is -0.176. The largest absolute Gasteiger partial charge is 0.394 e. The summed E-state index contributed by atoms with van der Waals surface area (Å²) in [5, 5.41) is 15.1. The molecule has 2 atom stereocenters. The van der Waals surface area contributed by atoms with Crippen LogP contribution >= 0.6 is 11.3 Å². The summed E-state index contributed by atoms with van der Waals surface area (Å²) in [6.45, 7) is 1.19. The molecule has 1 saturated heterocycles. The standard InChI is InChI=1S/C12H16F3N3S/c13-12(14,15)9-6-11(16)18-10(9)3-4-17-7-8-2-1-5-19-8/h1-2,5,9-10,17H,3-4,6-7H2,(H2,16,18)/t9-,10+/m0/s1. The lowest BCUT2D eigenvalue weighted by atomic mass is 9.97. The molecule has 7 heteroatoms. The monoisotopic (exact) mass is 291 g/mol. The molecule has 2 rings (SSSR count). The Kier molecular flexibility index (Phi) is 4.46. The van der Waals surface area contributed by atoms with Crippen molar-refractivity contribution in [1.29, 1.82) is 5.41 Å². The van der Waals surface area contributed by atoms with Crippen LogP contribution in [-0.4, -0.2) is 24.6 Å². The molecular weight excluding hydrogens is 275 g/mol. The van der Waals surface area contributed by atoms with E-state index in [1.54, 1.807) is 11.3 Å². The second-order valence-electron chi connectivity index (χ2n) is 4.63. The van der Waals surface area contributed by atoms with Crippen LogP contribution in [0, 0.1) is 11.3 Å². The third-order valence-corrected chi connectivity index (χ3v) is 4.08. The first-order valence-electron chi connectivity index (χ1n) is 6.10. The summed E-state index contributed by atoms with van der Waals surface area (Å²) in [6, 6.07) is 3.25. The van der Waals surface area contributed by atoms with E-state index in [9.17, 15) is 13.2 Å². The van der Waals surface area contributed by atoms with Gasteiger partial charge in [0.05, 0.1) is 11.8 Å². The van der Waals surface area contributed by atoms with E-state index in [4.69, 9.17) is 5.41 Å². The van der Waals surface area contributed by atoms with E-state index in [2.05, 4.69) is 10.6 Å². The van der Waals surface area contributed by atoms with E-state index in [1.165, 1.54) is 4.88 Å². The van der Waals surface area contributed by atoms with Gasteiger partial charge in [-0.2, -0.15) is 13.2 Å². The summed E-state index contributed by atoms with van der Waals surface area (Å²) in [7, 11) is 0. The number of halogens is 3. The van der Waals surface area contributed by atoms with Crippen molar-refractivity contribution in [1.82, 2.24) is 10.6 Å². The zero-order valence-corrected chi connectivity index (χ0v) is 11.1. The molecule has 1 fully saturated rings. The van der Waals surface area contributed by atoms with Crippen LogP contribution in [0.2, 0.25) is 0 Å². The van der Waals surface area contributed by atoms with Crippen LogP contribution in [0.1, 0.15) is 17.7 Å². The van der Waals surface area contributed by atoms with Crippen molar-refractivity contribution in [2.45, 2.75) is 31.6 Å². The Morgan fingerprint density at radius 2 is 2.26 bits per heavy atom. The zero-order chi connectivity index (χ0) is 13.9. The third kappa shape index (κ3) is 3.94. The lowest BCUT2D eigenvalue weighted by Gasteiger charge is -2.21. The molecule has 3 N–H and O–H groups in total. The fourth-order valence-electron chi connectivity index (χ4n) is 2.25. The molecule has 19 heavy (non-hydrogen) atoms. The summed E-state index contributed by atoms with van der Waals surface area (Å²) in [5.74, 6) is -1.44. The van der Waals surface area contributed by atoms with Crippen molar-refractivity contribution in [2.75, 3.05) is 6.54 Å². The highest BCUT2D eigenvalue weighted by atomic mass is 32.1. The molecule has 2 heterocycles. The van der Waals surface area contributed by atoms with E-state index in [0.29, 0.717) is 19.5 Å². The second-order valence-corrected chi connectivity index (χ2v) is 5.66. The third-order valence-electron chi connectivity index (χ3n) is 3.20. The molecule has 1 aromatic rings. The van der Waals surface area contributed by atoms with Gasteiger partial charge in [0.1, 0.15) is 0 Å². The summed E-state index contributed by atoms with van der Waals surface area (Å²) in [6.07, 6.45) is -4.08. The molecule has 1 aliphatic heterocycles. The van der Waals surface area contributed by atoms with Crippen molar-refractivity contribution in [3.63, 3.8) is 0 Å². The quantitative estimate of drug-likeness (QED) is 0.731. The molecule has 0 aromatic carbocycles. The van der Waals surface area contributed by atoms with E-state index in [1.807, 2.05) is 17.5 Å². The topological polar surface area (TPSA) is 47.9 Å². The van der Waals surface area contributed by atoms with Gasteiger partial charge in [-0.3, -0.25) is 5.41 Å². The maximum Gasteiger partial charge on any atom is 0.394 e. The summed E-state index contributed by atoms with van der Waals surface area (Å²) in [4.78, 5) is 1.17. The molecule has 0 unspecified atom stereocenters. The normalized spacial score (nSPS) is 23.6. The van der Waals surface area contributed by atoms with Crippen LogP contribution in [-0.2, 0) is 6.54 Å². The van der Waals surface area contributed by atoms with Crippen molar-refractivity contribution >= 4 is 17.2 Å². The first-order chi connectivity index (χ1) is 8.97. The molecular formula is C12H16F3N3S. The Morgan fingerprint density at radius 1 is 1.47 bits per heavy atom. The highest BCUT2D eigenvalue weighted by molar-refractivity contribution is 7.09. The Bertz CT molecular complexity index is 416. The Labute approximate surface area is 113 Å². The Balaban J connectivity index is 1.76.